The quantitative estimate of drug-likeness (QED) is 0.313. The summed E-state index contributed by atoms with van der Waals surface area (Å²) in [4.78, 5) is 51.8. The van der Waals surface area contributed by atoms with Gasteiger partial charge in [-0.05, 0) is 41.3 Å². The lowest BCUT2D eigenvalue weighted by atomic mass is 9.59. The Kier molecular flexibility index (Phi) is 5.62. The highest BCUT2D eigenvalue weighted by atomic mass is 16.3. The molecular weight excluding hydrogens is 494 g/mol. The second-order valence-corrected chi connectivity index (χ2v) is 10.3. The molecule has 8 N–H and O–H groups in total. The molecule has 5 rings (SSSR count). The van der Waals surface area contributed by atoms with Crippen LogP contribution in [0.5, 0.6) is 5.75 Å². The Hall–Kier alpha value is -4.22. The molecule has 0 unspecified atom stereocenters. The first kappa shape index (κ1) is 25.4. The molecule has 0 saturated carbocycles. The zero-order valence-electron chi connectivity index (χ0n) is 20.7. The van der Waals surface area contributed by atoms with Crippen LogP contribution in [0.3, 0.4) is 0 Å². The molecule has 2 amide bonds. The zero-order chi connectivity index (χ0) is 27.8. The van der Waals surface area contributed by atoms with Crippen LogP contribution in [0.15, 0.2) is 46.9 Å². The molecule has 0 bridgehead atoms. The third-order valence-corrected chi connectivity index (χ3v) is 8.08. The van der Waals surface area contributed by atoms with Crippen LogP contribution < -0.4 is 11.5 Å². The van der Waals surface area contributed by atoms with Gasteiger partial charge in [-0.2, -0.15) is 0 Å². The van der Waals surface area contributed by atoms with Crippen molar-refractivity contribution in [1.29, 1.82) is 0 Å². The summed E-state index contributed by atoms with van der Waals surface area (Å²) in [5.74, 6) is -7.54. The first-order chi connectivity index (χ1) is 17.8. The number of aromatic hydroxyl groups is 1. The topological polar surface area (TPSA) is 204 Å². The number of carbonyl (C=O) groups excluding carboxylic acids is 4. The number of aliphatic hydroxyl groups excluding tert-OH is 2. The minimum atomic E-state index is -2.74. The fourth-order valence-electron chi connectivity index (χ4n) is 6.01. The number of nitrogens with zero attached hydrogens (tertiary/aromatic N) is 1. The molecule has 2 aromatic rings. The molecule has 2 aromatic carbocycles. The van der Waals surface area contributed by atoms with Gasteiger partial charge < -0.3 is 36.8 Å². The summed E-state index contributed by atoms with van der Waals surface area (Å²) in [6, 6.07) is 5.61. The molecule has 0 aromatic heterocycles. The van der Waals surface area contributed by atoms with Gasteiger partial charge in [-0.3, -0.25) is 19.2 Å². The van der Waals surface area contributed by atoms with E-state index in [0.29, 0.717) is 16.3 Å². The SMILES string of the molecule is CC(=O)N(C)Cc1ccc2cc3c(c(O)c2c1)C(=O)C1=C(O)[C@]2(O)C(=O)C(C(N)=O)=C(O)[C@@H](N)[C@@H]2C[C@@H]1C3. The van der Waals surface area contributed by atoms with Gasteiger partial charge >= 0.3 is 0 Å². The number of Topliss-reactive ketones (excluding diaryl/α,β-unsaturated/α-hetero) is 2. The highest BCUT2D eigenvalue weighted by molar-refractivity contribution is 6.25. The molecule has 0 fully saturated rings. The summed E-state index contributed by atoms with van der Waals surface area (Å²) in [5.41, 5.74) is 8.52. The third-order valence-electron chi connectivity index (χ3n) is 8.08. The van der Waals surface area contributed by atoms with Gasteiger partial charge in [0.05, 0.1) is 11.6 Å². The van der Waals surface area contributed by atoms with E-state index in [1.54, 1.807) is 25.2 Å². The number of carbonyl (C=O) groups is 4. The van der Waals surface area contributed by atoms with Gasteiger partial charge in [0.15, 0.2) is 11.4 Å². The normalized spacial score (nSPS) is 26.7. The predicted molar refractivity (Wildman–Crippen MR) is 134 cm³/mol. The number of nitrogens with two attached hydrogens (primary N) is 2. The van der Waals surface area contributed by atoms with Crippen LogP contribution in [0.1, 0.15) is 34.8 Å². The molecule has 3 aliphatic rings. The van der Waals surface area contributed by atoms with Crippen molar-refractivity contribution < 1.29 is 39.6 Å². The van der Waals surface area contributed by atoms with E-state index in [-0.39, 0.29) is 42.2 Å². The van der Waals surface area contributed by atoms with Crippen LogP contribution in [-0.2, 0) is 27.3 Å². The van der Waals surface area contributed by atoms with E-state index in [9.17, 15) is 39.6 Å². The Labute approximate surface area is 216 Å². The van der Waals surface area contributed by atoms with Crippen molar-refractivity contribution >= 4 is 34.2 Å². The van der Waals surface area contributed by atoms with Gasteiger partial charge in [0.2, 0.25) is 11.7 Å². The Morgan fingerprint density at radius 3 is 2.47 bits per heavy atom. The predicted octanol–water partition coefficient (Wildman–Crippen LogP) is 0.649. The summed E-state index contributed by atoms with van der Waals surface area (Å²) in [7, 11) is 1.64. The Morgan fingerprint density at radius 1 is 1.16 bits per heavy atom. The smallest absolute Gasteiger partial charge is 0.255 e. The average molecular weight is 522 g/mol. The molecule has 0 saturated heterocycles. The number of rotatable bonds is 3. The number of aliphatic hydroxyl groups is 3. The number of amides is 2. The van der Waals surface area contributed by atoms with Crippen molar-refractivity contribution in [3.63, 3.8) is 0 Å². The zero-order valence-corrected chi connectivity index (χ0v) is 20.7. The first-order valence-corrected chi connectivity index (χ1v) is 12.0. The van der Waals surface area contributed by atoms with Gasteiger partial charge in [0.1, 0.15) is 22.8 Å². The molecule has 11 heteroatoms. The average Bonchev–Trinajstić information content (AvgIpc) is 2.84. The summed E-state index contributed by atoms with van der Waals surface area (Å²) in [5, 5.41) is 45.2. The molecule has 198 valence electrons. The highest BCUT2D eigenvalue weighted by Gasteiger charge is 2.62. The van der Waals surface area contributed by atoms with Crippen LogP contribution in [0.25, 0.3) is 10.8 Å². The first-order valence-electron chi connectivity index (χ1n) is 12.0. The van der Waals surface area contributed by atoms with Crippen LogP contribution in [0, 0.1) is 11.8 Å². The Bertz CT molecular complexity index is 1540. The second kappa shape index (κ2) is 8.40. The number of hydrogen-bond acceptors (Lipinski definition) is 9. The summed E-state index contributed by atoms with van der Waals surface area (Å²) in [6.07, 6.45) is 0.124. The molecule has 3 aliphatic carbocycles. The maximum atomic E-state index is 13.7. The maximum absolute atomic E-state index is 13.7. The van der Waals surface area contributed by atoms with E-state index in [1.165, 1.54) is 11.8 Å². The number of allylic oxidation sites excluding steroid dienone is 1. The van der Waals surface area contributed by atoms with Crippen molar-refractivity contribution in [3.05, 3.63) is 63.6 Å². The summed E-state index contributed by atoms with van der Waals surface area (Å²) >= 11 is 0. The van der Waals surface area contributed by atoms with E-state index in [1.807, 2.05) is 6.07 Å². The van der Waals surface area contributed by atoms with Crippen LogP contribution in [0.2, 0.25) is 0 Å². The van der Waals surface area contributed by atoms with Crippen LogP contribution in [0.4, 0.5) is 0 Å². The van der Waals surface area contributed by atoms with Gasteiger partial charge in [-0.15, -0.1) is 0 Å². The van der Waals surface area contributed by atoms with Crippen molar-refractivity contribution in [2.24, 2.45) is 23.3 Å². The number of hydrogen-bond donors (Lipinski definition) is 6. The fraction of sp³-hybridized carbons (Fsp3) is 0.333. The van der Waals surface area contributed by atoms with Crippen molar-refractivity contribution in [3.8, 4) is 5.75 Å². The number of phenolic OH excluding ortho intramolecular Hbond substituents is 1. The number of benzene rings is 2. The standard InChI is InChI=1S/C27H27N3O8/c1-10(31)30(2)9-11-3-4-12-6-13-7-14-8-16-20(28)23(34)19(26(29)37)25(36)27(16,38)24(35)18(14)22(33)17(13)21(32)15(12)5-11/h3-6,14,16,20,32,34-35,38H,7-9,28H2,1-2H3,(H2,29,37)/t14-,16-,20-,27-/m0/s1. The fourth-order valence-corrected chi connectivity index (χ4v) is 6.01. The minimum Gasteiger partial charge on any atom is -0.510 e. The number of primary amides is 1. The Balaban J connectivity index is 1.65. The molecule has 38 heavy (non-hydrogen) atoms. The van der Waals surface area contributed by atoms with Crippen molar-refractivity contribution in [2.45, 2.75) is 38.0 Å². The number of ketones is 2. The molecule has 11 nitrogen and oxygen atoms in total. The molecule has 0 heterocycles. The lowest BCUT2D eigenvalue weighted by Gasteiger charge is -2.47. The number of fused-ring (bicyclic) bond motifs is 4. The van der Waals surface area contributed by atoms with E-state index in [0.717, 1.165) is 5.56 Å². The second-order valence-electron chi connectivity index (χ2n) is 10.3. The summed E-state index contributed by atoms with van der Waals surface area (Å²) < 4.78 is 0. The molecule has 0 aliphatic heterocycles. The Morgan fingerprint density at radius 2 is 1.84 bits per heavy atom. The van der Waals surface area contributed by atoms with Crippen LogP contribution in [-0.4, -0.2) is 67.4 Å². The maximum Gasteiger partial charge on any atom is 0.255 e. The van der Waals surface area contributed by atoms with E-state index in [2.05, 4.69) is 0 Å². The third kappa shape index (κ3) is 3.35. The highest BCUT2D eigenvalue weighted by Crippen LogP contribution is 2.51. The lowest BCUT2D eigenvalue weighted by molar-refractivity contribution is -0.145. The monoisotopic (exact) mass is 521 g/mol. The summed E-state index contributed by atoms with van der Waals surface area (Å²) in [6.45, 7) is 1.71. The number of phenols is 1. The molecular formula is C27H27N3O8. The molecule has 0 spiro atoms. The van der Waals surface area contributed by atoms with E-state index in [4.69, 9.17) is 11.5 Å². The van der Waals surface area contributed by atoms with E-state index < -0.39 is 58.0 Å². The largest absolute Gasteiger partial charge is 0.510 e. The van der Waals surface area contributed by atoms with E-state index >= 15 is 0 Å². The molecule has 0 radical (unpaired) electrons. The van der Waals surface area contributed by atoms with Crippen molar-refractivity contribution in [2.75, 3.05) is 7.05 Å². The van der Waals surface area contributed by atoms with Gasteiger partial charge in [0, 0.05) is 37.4 Å². The van der Waals surface area contributed by atoms with Crippen molar-refractivity contribution in [1.82, 2.24) is 4.90 Å². The molecule has 4 atom stereocenters. The van der Waals surface area contributed by atoms with Gasteiger partial charge in [0.25, 0.3) is 5.91 Å². The lowest BCUT2D eigenvalue weighted by Crippen LogP contribution is -2.63. The minimum absolute atomic E-state index is 0.0563. The van der Waals surface area contributed by atoms with Gasteiger partial charge in [-0.1, -0.05) is 18.2 Å². The van der Waals surface area contributed by atoms with Crippen LogP contribution >= 0.6 is 0 Å². The van der Waals surface area contributed by atoms with Gasteiger partial charge in [-0.25, -0.2) is 0 Å².